The summed E-state index contributed by atoms with van der Waals surface area (Å²) in [5, 5.41) is 22.4. The van der Waals surface area contributed by atoms with Crippen LogP contribution < -0.4 is 21.8 Å². The minimum atomic E-state index is -3.65. The van der Waals surface area contributed by atoms with Gasteiger partial charge in [0.25, 0.3) is 17.3 Å². The number of non-ortho nitro benzene ring substituents is 2. The summed E-state index contributed by atoms with van der Waals surface area (Å²) in [6.45, 7) is 0. The molecule has 0 fully saturated rings. The summed E-state index contributed by atoms with van der Waals surface area (Å²) < 4.78 is 10.9. The van der Waals surface area contributed by atoms with Gasteiger partial charge >= 0.3 is 7.59 Å². The fourth-order valence-corrected chi connectivity index (χ4v) is 2.15. The van der Waals surface area contributed by atoms with Gasteiger partial charge in [0, 0.05) is 35.4 Å². The highest BCUT2D eigenvalue weighted by atomic mass is 31.2. The van der Waals surface area contributed by atoms with Crippen LogP contribution in [-0.4, -0.2) is 21.7 Å². The van der Waals surface area contributed by atoms with E-state index in [0.29, 0.717) is 0 Å². The second-order valence-electron chi connectivity index (χ2n) is 5.12. The maximum atomic E-state index is 11.3. The van der Waals surface area contributed by atoms with Gasteiger partial charge in [-0.2, -0.15) is 0 Å². The van der Waals surface area contributed by atoms with E-state index in [1.54, 1.807) is 0 Å². The van der Waals surface area contributed by atoms with E-state index in [0.717, 1.165) is 12.1 Å². The lowest BCUT2D eigenvalue weighted by Crippen LogP contribution is -2.28. The molecular weight excluding hydrogens is 395 g/mol. The molecule has 13 nitrogen and oxygen atoms in total. The molecule has 0 bridgehead atoms. The molecule has 2 amide bonds. The van der Waals surface area contributed by atoms with Crippen LogP contribution in [0, 0.1) is 20.2 Å². The van der Waals surface area contributed by atoms with Crippen LogP contribution in [0.5, 0.6) is 0 Å². The Morgan fingerprint density at radius 1 is 0.821 bits per heavy atom. The molecule has 0 saturated carbocycles. The third-order valence-electron chi connectivity index (χ3n) is 2.98. The molecule has 0 aliphatic heterocycles. The number of nitro groups is 2. The van der Waals surface area contributed by atoms with Crippen molar-refractivity contribution in [3.8, 4) is 0 Å². The van der Waals surface area contributed by atoms with Crippen LogP contribution in [0.3, 0.4) is 0 Å². The lowest BCUT2D eigenvalue weighted by atomic mass is 10.2. The summed E-state index contributed by atoms with van der Waals surface area (Å²) in [6.07, 6.45) is 0. The van der Waals surface area contributed by atoms with Crippen LogP contribution in [0.2, 0.25) is 0 Å². The van der Waals surface area contributed by atoms with Crippen molar-refractivity contribution in [1.29, 1.82) is 0 Å². The number of primary amides is 1. The van der Waals surface area contributed by atoms with Crippen LogP contribution in [0.4, 0.5) is 11.4 Å². The summed E-state index contributed by atoms with van der Waals surface area (Å²) in [7, 11) is -3.65. The number of nitrogens with one attached hydrogen (secondary N) is 1. The molecule has 0 aromatic heterocycles. The third kappa shape index (κ3) is 7.29. The molecule has 7 N–H and O–H groups in total. The fraction of sp³-hybridized carbons (Fsp3) is 0. The Morgan fingerprint density at radius 3 is 1.46 bits per heavy atom. The van der Waals surface area contributed by atoms with Gasteiger partial charge in [0.15, 0.2) is 0 Å². The number of hydrogen-bond acceptors (Lipinski definition) is 7. The third-order valence-corrected chi connectivity index (χ3v) is 3.53. The Bertz CT molecular complexity index is 907. The fourth-order valence-electron chi connectivity index (χ4n) is 1.71. The molecule has 28 heavy (non-hydrogen) atoms. The van der Waals surface area contributed by atoms with Gasteiger partial charge in [0.1, 0.15) is 0 Å². The Kier molecular flexibility index (Phi) is 7.45. The van der Waals surface area contributed by atoms with Gasteiger partial charge in [-0.3, -0.25) is 50.5 Å². The van der Waals surface area contributed by atoms with Gasteiger partial charge in [-0.25, -0.2) is 0 Å². The van der Waals surface area contributed by atoms with Crippen molar-refractivity contribution in [2.24, 2.45) is 16.7 Å². The highest BCUT2D eigenvalue weighted by molar-refractivity contribution is 7.57. The van der Waals surface area contributed by atoms with Crippen LogP contribution in [0.1, 0.15) is 20.7 Å². The van der Waals surface area contributed by atoms with Crippen molar-refractivity contribution in [3.05, 3.63) is 79.9 Å². The Labute approximate surface area is 157 Å². The molecule has 0 spiro atoms. The molecule has 0 radical (unpaired) electrons. The first kappa shape index (κ1) is 22.4. The van der Waals surface area contributed by atoms with Gasteiger partial charge in [-0.1, -0.05) is 0 Å². The van der Waals surface area contributed by atoms with E-state index in [4.69, 9.17) is 16.7 Å². The van der Waals surface area contributed by atoms with Crippen molar-refractivity contribution in [2.75, 3.05) is 0 Å². The minimum Gasteiger partial charge on any atom is -0.366 e. The summed E-state index contributed by atoms with van der Waals surface area (Å²) in [4.78, 5) is 41.2. The molecule has 14 heteroatoms. The largest absolute Gasteiger partial charge is 0.366 e. The van der Waals surface area contributed by atoms with E-state index in [1.807, 2.05) is 5.09 Å². The first-order valence-electron chi connectivity index (χ1n) is 7.19. The topological polar surface area (TPSA) is 228 Å². The van der Waals surface area contributed by atoms with Crippen molar-refractivity contribution >= 4 is 30.8 Å². The van der Waals surface area contributed by atoms with E-state index in [2.05, 4.69) is 0 Å². The standard InChI is InChI=1S/C7H9N4O4P.C7H6N2O3/c8-16(9,15)10-7(12)5-1-3-6(4-2-5)11(13)14;8-7(10)5-1-3-6(4-2-5)9(11)12/h1-4H,(H5,8,9,10,12,15);1-4H,(H2,8,10). The van der Waals surface area contributed by atoms with Crippen LogP contribution in [0.15, 0.2) is 48.5 Å². The number of amides is 2. The Hall–Kier alpha value is -3.67. The second kappa shape index (κ2) is 9.32. The first-order valence-corrected chi connectivity index (χ1v) is 9.03. The lowest BCUT2D eigenvalue weighted by Gasteiger charge is -2.08. The lowest BCUT2D eigenvalue weighted by molar-refractivity contribution is -0.385. The van der Waals surface area contributed by atoms with Crippen LogP contribution in [0.25, 0.3) is 0 Å². The molecule has 0 atom stereocenters. The second-order valence-corrected chi connectivity index (χ2v) is 6.76. The molecule has 0 unspecified atom stereocenters. The number of rotatable bonds is 5. The maximum absolute atomic E-state index is 11.3. The summed E-state index contributed by atoms with van der Waals surface area (Å²) in [5.74, 6) is -1.34. The van der Waals surface area contributed by atoms with Crippen LogP contribution in [-0.2, 0) is 4.57 Å². The minimum absolute atomic E-state index is 0.0556. The van der Waals surface area contributed by atoms with Gasteiger partial charge in [-0.05, 0) is 24.3 Å². The predicted octanol–water partition coefficient (Wildman–Crippen LogP) is 1.04. The number of nitrogens with two attached hydrogens (primary N) is 3. The number of hydrogen-bond donors (Lipinski definition) is 4. The SMILES string of the molecule is NC(=O)c1ccc([N+](=O)[O-])cc1.NP(N)(=O)NC(=O)c1ccc([N+](=O)[O-])cc1. The van der Waals surface area contributed by atoms with E-state index < -0.39 is 29.3 Å². The molecule has 0 aliphatic rings. The van der Waals surface area contributed by atoms with Gasteiger partial charge in [0.2, 0.25) is 5.91 Å². The van der Waals surface area contributed by atoms with Crippen molar-refractivity contribution in [1.82, 2.24) is 5.09 Å². The van der Waals surface area contributed by atoms with E-state index in [9.17, 15) is 34.4 Å². The first-order chi connectivity index (χ1) is 12.9. The number of carbonyl (C=O) groups is 2. The number of nitro benzene ring substituents is 2. The summed E-state index contributed by atoms with van der Waals surface area (Å²) in [6, 6.07) is 9.83. The zero-order valence-electron chi connectivity index (χ0n) is 14.1. The molecule has 0 heterocycles. The monoisotopic (exact) mass is 410 g/mol. The summed E-state index contributed by atoms with van der Waals surface area (Å²) >= 11 is 0. The Morgan fingerprint density at radius 2 is 1.18 bits per heavy atom. The molecule has 2 rings (SSSR count). The average Bonchev–Trinajstić information content (AvgIpc) is 2.61. The zero-order chi connectivity index (χ0) is 21.5. The molecule has 0 saturated heterocycles. The van der Waals surface area contributed by atoms with Crippen molar-refractivity contribution in [2.45, 2.75) is 0 Å². The Balaban J connectivity index is 0.000000292. The number of carbonyl (C=O) groups excluding carboxylic acids is 2. The van der Waals surface area contributed by atoms with Gasteiger partial charge in [-0.15, -0.1) is 0 Å². The molecule has 2 aromatic rings. The number of benzene rings is 2. The highest BCUT2D eigenvalue weighted by Crippen LogP contribution is 2.19. The molecular formula is C14H15N6O7P. The van der Waals surface area contributed by atoms with Gasteiger partial charge < -0.3 is 5.73 Å². The quantitative estimate of drug-likeness (QED) is 0.313. The van der Waals surface area contributed by atoms with Gasteiger partial charge in [0.05, 0.1) is 9.85 Å². The van der Waals surface area contributed by atoms with Crippen molar-refractivity contribution in [3.63, 3.8) is 0 Å². The molecule has 2 aromatic carbocycles. The number of nitrogens with zero attached hydrogens (tertiary/aromatic N) is 2. The smallest absolute Gasteiger partial charge is 0.300 e. The van der Waals surface area contributed by atoms with Crippen molar-refractivity contribution < 1.29 is 24.0 Å². The van der Waals surface area contributed by atoms with Crippen LogP contribution >= 0.6 is 7.59 Å². The normalized spacial score (nSPS) is 10.2. The molecule has 0 aliphatic carbocycles. The zero-order valence-corrected chi connectivity index (χ0v) is 14.9. The van der Waals surface area contributed by atoms with E-state index in [-0.39, 0.29) is 22.5 Å². The summed E-state index contributed by atoms with van der Waals surface area (Å²) in [5.41, 5.74) is 15.0. The highest BCUT2D eigenvalue weighted by Gasteiger charge is 2.15. The molecule has 148 valence electrons. The maximum Gasteiger partial charge on any atom is 0.300 e. The predicted molar refractivity (Wildman–Crippen MR) is 98.2 cm³/mol. The van der Waals surface area contributed by atoms with E-state index in [1.165, 1.54) is 36.4 Å². The van der Waals surface area contributed by atoms with E-state index >= 15 is 0 Å². The average molecular weight is 410 g/mol.